The summed E-state index contributed by atoms with van der Waals surface area (Å²) in [7, 11) is 0. The molecule has 7 nitrogen and oxygen atoms in total. The number of rotatable bonds is 0. The molecule has 0 spiro atoms. The van der Waals surface area contributed by atoms with Crippen LogP contribution in [0.5, 0.6) is 0 Å². The second-order valence-corrected chi connectivity index (χ2v) is 0. The Kier molecular flexibility index (Phi) is 20400. The molecule has 0 unspecified atom stereocenters. The Morgan fingerprint density at radius 1 is 0.333 bits per heavy atom. The molecule has 0 aromatic carbocycles. The molecule has 64 valence electrons. The van der Waals surface area contributed by atoms with Crippen LogP contribution in [0.3, 0.4) is 0 Å². The van der Waals surface area contributed by atoms with E-state index < -0.39 is 0 Å². The van der Waals surface area contributed by atoms with Crippen molar-refractivity contribution in [3.05, 3.63) is 0 Å². The minimum absolute atomic E-state index is 0. The molecule has 0 amide bonds. The predicted molar refractivity (Wildman–Crippen MR) is 25.3 cm³/mol. The van der Waals surface area contributed by atoms with Crippen LogP contribution in [0.4, 0.5) is 0 Å². The second kappa shape index (κ2) is 364. The smallest absolute Gasteiger partial charge is 1.00 e. The third kappa shape index (κ3) is 282. The third-order valence-electron chi connectivity index (χ3n) is 0. The number of halogens is 1. The Hall–Kier alpha value is 1.33. The maximum Gasteiger partial charge on any atom is 4.00 e. The van der Waals surface area contributed by atoms with Crippen LogP contribution < -0.4 is 12.4 Å². The first-order valence-electron chi connectivity index (χ1n) is 0. The summed E-state index contributed by atoms with van der Waals surface area (Å²) < 4.78 is 0. The fraction of sp³-hybridized carbons (Fsp3) is 0. The Balaban J connectivity index is 0. The molecule has 0 rings (SSSR count). The maximum absolute atomic E-state index is 0. The van der Waals surface area contributed by atoms with Crippen LogP contribution in [-0.4, -0.2) is 38.3 Å². The van der Waals surface area contributed by atoms with E-state index in [0.29, 0.717) is 0 Å². The van der Waals surface area contributed by atoms with Crippen molar-refractivity contribution >= 4 is 0 Å². The molecule has 0 saturated carbocycles. The summed E-state index contributed by atoms with van der Waals surface area (Å²) >= 11 is 0. The average Bonchev–Trinajstić information content (AvgIpc) is 0. The van der Waals surface area contributed by atoms with Crippen molar-refractivity contribution in [2.45, 2.75) is 0 Å². The Labute approximate surface area is 90.1 Å². The molecule has 0 aromatic rings. The van der Waals surface area contributed by atoms with Gasteiger partial charge in [0.1, 0.15) is 0 Å². The zero-order chi connectivity index (χ0) is 0. The van der Waals surface area contributed by atoms with E-state index in [1.54, 1.807) is 0 Å². The van der Waals surface area contributed by atoms with Gasteiger partial charge in [-0.15, -0.1) is 0 Å². The minimum atomic E-state index is 0. The van der Waals surface area contributed by atoms with Crippen molar-refractivity contribution < 1.29 is 90.7 Å². The molecule has 0 aliphatic rings. The first kappa shape index (κ1) is 506. The number of hydrogen-bond acceptors (Lipinski definition) is 0. The summed E-state index contributed by atoms with van der Waals surface area (Å²) in [5.41, 5.74) is 0. The van der Waals surface area contributed by atoms with Gasteiger partial charge in [0, 0.05) is 0 Å². The maximum atomic E-state index is 0. The Morgan fingerprint density at radius 2 is 0.333 bits per heavy atom. The normalized spacial score (nSPS) is 0. The van der Waals surface area contributed by atoms with Gasteiger partial charge in [0.2, 0.25) is 0 Å². The van der Waals surface area contributed by atoms with Crippen molar-refractivity contribution in [3.8, 4) is 0 Å². The SMILES string of the molecule is O.O.O.O.O.O.O.[Cl-].[Th+4]. The second-order valence-electron chi connectivity index (χ2n) is 0. The molecule has 0 heterocycles. The van der Waals surface area contributed by atoms with Gasteiger partial charge in [-0.05, 0) is 0 Å². The molecule has 0 atom stereocenters. The molecule has 0 saturated heterocycles. The molecule has 14 N–H and O–H groups in total. The molecular formula is H14ClO7Th+3. The summed E-state index contributed by atoms with van der Waals surface area (Å²) in [4.78, 5) is 0. The van der Waals surface area contributed by atoms with Crippen LogP contribution in [0.1, 0.15) is 0 Å². The summed E-state index contributed by atoms with van der Waals surface area (Å²) in [5, 5.41) is 0. The van der Waals surface area contributed by atoms with Crippen molar-refractivity contribution in [3.63, 3.8) is 0 Å². The monoisotopic (exact) mass is 393 g/mol. The van der Waals surface area contributed by atoms with Gasteiger partial charge in [-0.2, -0.15) is 0 Å². The molecule has 0 aliphatic carbocycles. The van der Waals surface area contributed by atoms with Crippen molar-refractivity contribution in [1.29, 1.82) is 0 Å². The van der Waals surface area contributed by atoms with Crippen LogP contribution in [0, 0.1) is 39.9 Å². The molecule has 0 bridgehead atoms. The van der Waals surface area contributed by atoms with E-state index in [4.69, 9.17) is 0 Å². The quantitative estimate of drug-likeness (QED) is 0.374. The fourth-order valence-electron chi connectivity index (χ4n) is 0. The number of hydrogen-bond donors (Lipinski definition) is 0. The zero-order valence-electron chi connectivity index (χ0n) is 4.38. The van der Waals surface area contributed by atoms with Gasteiger partial charge in [0.15, 0.2) is 0 Å². The van der Waals surface area contributed by atoms with Crippen LogP contribution in [0.25, 0.3) is 0 Å². The Bertz CT molecular complexity index is 8.88. The molecule has 0 fully saturated rings. The van der Waals surface area contributed by atoms with Crippen molar-refractivity contribution in [1.82, 2.24) is 0 Å². The van der Waals surface area contributed by atoms with E-state index in [9.17, 15) is 0 Å². The minimum Gasteiger partial charge on any atom is -1.00 e. The zero-order valence-corrected chi connectivity index (χ0v) is 9.24. The Morgan fingerprint density at radius 3 is 0.333 bits per heavy atom. The van der Waals surface area contributed by atoms with Gasteiger partial charge in [-0.3, -0.25) is 0 Å². The van der Waals surface area contributed by atoms with E-state index in [-0.39, 0.29) is 90.7 Å². The standard InChI is InChI=1S/ClH.7H2O.Th/h1H;7*1H2;/q;;;;;;;;+4/p-1. The van der Waals surface area contributed by atoms with Gasteiger partial charge >= 0.3 is 39.9 Å². The molecule has 9 heteroatoms. The first-order chi connectivity index (χ1) is 0. The topological polar surface area (TPSA) is 220 Å². The van der Waals surface area contributed by atoms with Crippen molar-refractivity contribution in [2.75, 3.05) is 0 Å². The van der Waals surface area contributed by atoms with E-state index in [1.807, 2.05) is 0 Å². The van der Waals surface area contributed by atoms with Crippen LogP contribution in [0.2, 0.25) is 0 Å². The molecule has 0 aromatic heterocycles. The van der Waals surface area contributed by atoms with Gasteiger partial charge in [0.25, 0.3) is 0 Å². The van der Waals surface area contributed by atoms with Crippen LogP contribution >= 0.6 is 0 Å². The largest absolute Gasteiger partial charge is 4.00 e. The fourth-order valence-corrected chi connectivity index (χ4v) is 0. The summed E-state index contributed by atoms with van der Waals surface area (Å²) in [5.74, 6) is 0. The van der Waals surface area contributed by atoms with Crippen LogP contribution in [0.15, 0.2) is 0 Å². The van der Waals surface area contributed by atoms with E-state index in [1.165, 1.54) is 0 Å². The third-order valence-corrected chi connectivity index (χ3v) is 0. The molecule has 0 aliphatic heterocycles. The van der Waals surface area contributed by atoms with Gasteiger partial charge in [-0.1, -0.05) is 0 Å². The van der Waals surface area contributed by atoms with Crippen LogP contribution in [-0.2, 0) is 0 Å². The van der Waals surface area contributed by atoms with E-state index in [0.717, 1.165) is 0 Å². The summed E-state index contributed by atoms with van der Waals surface area (Å²) in [6, 6.07) is 0. The first-order valence-corrected chi connectivity index (χ1v) is 0. The average molecular weight is 394 g/mol. The van der Waals surface area contributed by atoms with E-state index in [2.05, 4.69) is 0 Å². The summed E-state index contributed by atoms with van der Waals surface area (Å²) in [6.45, 7) is 0. The molecule has 9 heavy (non-hydrogen) atoms. The molecule has 0 radical (unpaired) electrons. The summed E-state index contributed by atoms with van der Waals surface area (Å²) in [6.07, 6.45) is 0. The van der Waals surface area contributed by atoms with E-state index >= 15 is 0 Å². The molecular weight excluding hydrogens is 379 g/mol. The predicted octanol–water partition coefficient (Wildman–Crippen LogP) is -8.77. The van der Waals surface area contributed by atoms with Crippen molar-refractivity contribution in [2.24, 2.45) is 0 Å². The van der Waals surface area contributed by atoms with Gasteiger partial charge in [-0.25, -0.2) is 0 Å². The van der Waals surface area contributed by atoms with Gasteiger partial charge < -0.3 is 50.7 Å². The van der Waals surface area contributed by atoms with Gasteiger partial charge in [0.05, 0.1) is 0 Å².